The molecule has 1 aromatic heterocycles. The van der Waals surface area contributed by atoms with E-state index in [-0.39, 0.29) is 12.6 Å². The fourth-order valence-electron chi connectivity index (χ4n) is 3.80. The van der Waals surface area contributed by atoms with Gasteiger partial charge in [-0.3, -0.25) is 4.79 Å². The number of fused-ring (bicyclic) bond motifs is 1. The van der Waals surface area contributed by atoms with Crippen molar-refractivity contribution in [3.8, 4) is 0 Å². The topological polar surface area (TPSA) is 106 Å². The van der Waals surface area contributed by atoms with Crippen LogP contribution >= 0.6 is 0 Å². The Morgan fingerprint density at radius 1 is 1.15 bits per heavy atom. The van der Waals surface area contributed by atoms with Crippen LogP contribution in [0.4, 0.5) is 10.5 Å². The molecule has 0 radical (unpaired) electrons. The quantitative estimate of drug-likeness (QED) is 0.616. The molecule has 1 fully saturated rings. The average molecular weight is 453 g/mol. The highest BCUT2D eigenvalue weighted by Gasteiger charge is 2.26. The standard InChI is InChI=1S/C24H28N4O5/c1-24(2,3)33-23(31)25-17-11-12-27(14-17)18-9-10-19-20(13-18)26-22(30)28(21(19)29)32-15-16-7-5-4-6-8-16/h4-10,13,17H,11-12,14-15H2,1-3H3,(H,25,31)(H,26,30). The number of hydrogen-bond donors (Lipinski definition) is 2. The molecule has 0 saturated carbocycles. The van der Waals surface area contributed by atoms with E-state index in [9.17, 15) is 14.4 Å². The minimum Gasteiger partial charge on any atom is -0.444 e. The lowest BCUT2D eigenvalue weighted by atomic mass is 10.2. The number of anilines is 1. The van der Waals surface area contributed by atoms with Crippen molar-refractivity contribution < 1.29 is 14.4 Å². The maximum atomic E-state index is 12.8. The van der Waals surface area contributed by atoms with Gasteiger partial charge < -0.3 is 24.8 Å². The Balaban J connectivity index is 1.48. The first-order chi connectivity index (χ1) is 15.7. The predicted molar refractivity (Wildman–Crippen MR) is 126 cm³/mol. The summed E-state index contributed by atoms with van der Waals surface area (Å²) in [7, 11) is 0. The molecule has 9 heteroatoms. The monoisotopic (exact) mass is 452 g/mol. The highest BCUT2D eigenvalue weighted by atomic mass is 16.7. The van der Waals surface area contributed by atoms with Crippen molar-refractivity contribution in [2.45, 2.75) is 45.4 Å². The molecule has 33 heavy (non-hydrogen) atoms. The van der Waals surface area contributed by atoms with E-state index in [2.05, 4.69) is 15.2 Å². The van der Waals surface area contributed by atoms with E-state index in [1.807, 2.05) is 57.2 Å². The number of rotatable bonds is 5. The van der Waals surface area contributed by atoms with Gasteiger partial charge in [-0.25, -0.2) is 9.59 Å². The Morgan fingerprint density at radius 2 is 1.91 bits per heavy atom. The first-order valence-corrected chi connectivity index (χ1v) is 10.9. The van der Waals surface area contributed by atoms with Crippen LogP contribution < -0.4 is 26.3 Å². The van der Waals surface area contributed by atoms with Gasteiger partial charge >= 0.3 is 11.8 Å². The molecular weight excluding hydrogens is 424 g/mol. The summed E-state index contributed by atoms with van der Waals surface area (Å²) in [5.41, 5.74) is 0.445. The van der Waals surface area contributed by atoms with Crippen LogP contribution in [0.5, 0.6) is 0 Å². The number of nitrogens with zero attached hydrogens (tertiary/aromatic N) is 2. The molecule has 3 aromatic rings. The van der Waals surface area contributed by atoms with Gasteiger partial charge in [0.15, 0.2) is 0 Å². The lowest BCUT2D eigenvalue weighted by Crippen LogP contribution is -2.40. The molecule has 0 bridgehead atoms. The lowest BCUT2D eigenvalue weighted by Gasteiger charge is -2.22. The van der Waals surface area contributed by atoms with E-state index in [1.165, 1.54) is 0 Å². The number of H-pyrrole nitrogens is 1. The number of aromatic nitrogens is 2. The number of carbonyl (C=O) groups excluding carboxylic acids is 1. The summed E-state index contributed by atoms with van der Waals surface area (Å²) in [5, 5.41) is 3.25. The molecule has 0 aliphatic carbocycles. The van der Waals surface area contributed by atoms with E-state index in [0.29, 0.717) is 17.4 Å². The smallest absolute Gasteiger partial charge is 0.407 e. The van der Waals surface area contributed by atoms with Crippen LogP contribution in [0, 0.1) is 0 Å². The zero-order valence-corrected chi connectivity index (χ0v) is 19.0. The van der Waals surface area contributed by atoms with Crippen molar-refractivity contribution >= 4 is 22.7 Å². The summed E-state index contributed by atoms with van der Waals surface area (Å²) in [4.78, 5) is 47.7. The summed E-state index contributed by atoms with van der Waals surface area (Å²) >= 11 is 0. The Kier molecular flexibility index (Phi) is 6.13. The summed E-state index contributed by atoms with van der Waals surface area (Å²) in [6, 6.07) is 14.6. The second-order valence-corrected chi connectivity index (χ2v) is 9.10. The molecular formula is C24H28N4O5. The fourth-order valence-corrected chi connectivity index (χ4v) is 3.80. The Morgan fingerprint density at radius 3 is 2.64 bits per heavy atom. The maximum absolute atomic E-state index is 12.8. The van der Waals surface area contributed by atoms with Gasteiger partial charge in [-0.15, -0.1) is 0 Å². The fraction of sp³-hybridized carbons (Fsp3) is 0.375. The molecule has 0 spiro atoms. The van der Waals surface area contributed by atoms with E-state index >= 15 is 0 Å². The summed E-state index contributed by atoms with van der Waals surface area (Å²) < 4.78 is 6.08. The van der Waals surface area contributed by atoms with E-state index in [0.717, 1.165) is 28.9 Å². The zero-order chi connectivity index (χ0) is 23.6. The Hall–Kier alpha value is -3.75. The van der Waals surface area contributed by atoms with Crippen LogP contribution in [0.1, 0.15) is 32.8 Å². The van der Waals surface area contributed by atoms with Crippen LogP contribution in [-0.4, -0.2) is 40.5 Å². The van der Waals surface area contributed by atoms with Gasteiger partial charge in [0.2, 0.25) is 0 Å². The highest BCUT2D eigenvalue weighted by Crippen LogP contribution is 2.23. The van der Waals surface area contributed by atoms with E-state index in [4.69, 9.17) is 9.57 Å². The third-order valence-corrected chi connectivity index (χ3v) is 5.32. The first-order valence-electron chi connectivity index (χ1n) is 10.9. The molecule has 1 aliphatic rings. The van der Waals surface area contributed by atoms with Crippen molar-refractivity contribution in [3.63, 3.8) is 0 Å². The normalized spacial score (nSPS) is 16.1. The number of hydrogen-bond acceptors (Lipinski definition) is 6. The molecule has 2 aromatic carbocycles. The van der Waals surface area contributed by atoms with Crippen LogP contribution in [-0.2, 0) is 11.3 Å². The number of nitrogens with one attached hydrogen (secondary N) is 2. The van der Waals surface area contributed by atoms with E-state index < -0.39 is 22.9 Å². The number of ether oxygens (including phenoxy) is 1. The molecule has 9 nitrogen and oxygen atoms in total. The lowest BCUT2D eigenvalue weighted by molar-refractivity contribution is 0.0509. The highest BCUT2D eigenvalue weighted by molar-refractivity contribution is 5.81. The van der Waals surface area contributed by atoms with Gasteiger partial charge in [-0.1, -0.05) is 35.1 Å². The summed E-state index contributed by atoms with van der Waals surface area (Å²) in [5.74, 6) is 0. The van der Waals surface area contributed by atoms with Gasteiger partial charge in [0, 0.05) is 18.8 Å². The molecule has 2 N–H and O–H groups in total. The van der Waals surface area contributed by atoms with Gasteiger partial charge in [0.05, 0.1) is 16.9 Å². The van der Waals surface area contributed by atoms with Crippen LogP contribution in [0.25, 0.3) is 10.9 Å². The van der Waals surface area contributed by atoms with Crippen molar-refractivity contribution in [1.82, 2.24) is 15.0 Å². The molecule has 174 valence electrons. The van der Waals surface area contributed by atoms with Crippen molar-refractivity contribution in [2.75, 3.05) is 18.0 Å². The van der Waals surface area contributed by atoms with Gasteiger partial charge in [-0.05, 0) is 51.0 Å². The second kappa shape index (κ2) is 9.01. The van der Waals surface area contributed by atoms with Gasteiger partial charge in [0.1, 0.15) is 12.2 Å². The van der Waals surface area contributed by atoms with Crippen molar-refractivity contribution in [1.29, 1.82) is 0 Å². The van der Waals surface area contributed by atoms with Crippen molar-refractivity contribution in [2.24, 2.45) is 0 Å². The molecule has 1 aliphatic heterocycles. The minimum absolute atomic E-state index is 0.0472. The first kappa shape index (κ1) is 22.4. The summed E-state index contributed by atoms with van der Waals surface area (Å²) in [6.45, 7) is 6.91. The number of aromatic amines is 1. The minimum atomic E-state index is -0.633. The molecule has 2 heterocycles. The molecule has 1 saturated heterocycles. The average Bonchev–Trinajstić information content (AvgIpc) is 3.21. The van der Waals surface area contributed by atoms with Crippen molar-refractivity contribution in [3.05, 3.63) is 74.9 Å². The third-order valence-electron chi connectivity index (χ3n) is 5.32. The largest absolute Gasteiger partial charge is 0.444 e. The third kappa shape index (κ3) is 5.36. The number of benzene rings is 2. The molecule has 1 unspecified atom stereocenters. The predicted octanol–water partition coefficient (Wildman–Crippen LogP) is 2.42. The zero-order valence-electron chi connectivity index (χ0n) is 19.0. The second-order valence-electron chi connectivity index (χ2n) is 9.10. The maximum Gasteiger partial charge on any atom is 0.407 e. The van der Waals surface area contributed by atoms with Crippen LogP contribution in [0.3, 0.4) is 0 Å². The van der Waals surface area contributed by atoms with Gasteiger partial charge in [-0.2, -0.15) is 0 Å². The number of carbonyl (C=O) groups is 1. The molecule has 1 atom stereocenters. The number of amides is 1. The Bertz CT molecular complexity index is 1260. The molecule has 4 rings (SSSR count). The number of alkyl carbamates (subject to hydrolysis) is 1. The SMILES string of the molecule is CC(C)(C)OC(=O)NC1CCN(c2ccc3c(=O)n(OCc4ccccc4)c(=O)[nH]c3c2)C1. The van der Waals surface area contributed by atoms with E-state index in [1.54, 1.807) is 12.1 Å². The van der Waals surface area contributed by atoms with Crippen LogP contribution in [0.15, 0.2) is 58.1 Å². The van der Waals surface area contributed by atoms with Gasteiger partial charge in [0.25, 0.3) is 5.56 Å². The molecule has 1 amide bonds. The Labute approximate surface area is 190 Å². The van der Waals surface area contributed by atoms with Crippen LogP contribution in [0.2, 0.25) is 0 Å². The summed E-state index contributed by atoms with van der Waals surface area (Å²) in [6.07, 6.45) is 0.330.